The summed E-state index contributed by atoms with van der Waals surface area (Å²) in [6, 6.07) is 7.39. The first-order valence-corrected chi connectivity index (χ1v) is 4.26. The van der Waals surface area contributed by atoms with Gasteiger partial charge in [0.2, 0.25) is 0 Å². The third-order valence-electron chi connectivity index (χ3n) is 1.46. The van der Waals surface area contributed by atoms with Crippen LogP contribution in [-0.4, -0.2) is 13.2 Å². The van der Waals surface area contributed by atoms with Gasteiger partial charge in [-0.3, -0.25) is 4.39 Å². The van der Waals surface area contributed by atoms with Crippen LogP contribution in [0.2, 0.25) is 5.02 Å². The fourth-order valence-corrected chi connectivity index (χ4v) is 1.09. The van der Waals surface area contributed by atoms with E-state index < -0.39 is 0 Å². The van der Waals surface area contributed by atoms with E-state index in [4.69, 9.17) is 11.6 Å². The first-order chi connectivity index (χ1) is 5.83. The molecule has 66 valence electrons. The number of benzene rings is 1. The van der Waals surface area contributed by atoms with Gasteiger partial charge in [-0.05, 0) is 24.6 Å². The van der Waals surface area contributed by atoms with Crippen LogP contribution in [0.5, 0.6) is 0 Å². The normalized spacial score (nSPS) is 9.83. The molecule has 0 fully saturated rings. The van der Waals surface area contributed by atoms with Crippen LogP contribution in [0.4, 0.5) is 10.1 Å². The quantitative estimate of drug-likeness (QED) is 0.715. The van der Waals surface area contributed by atoms with Crippen molar-refractivity contribution in [3.05, 3.63) is 29.3 Å². The Kier molecular flexibility index (Phi) is 3.88. The highest BCUT2D eigenvalue weighted by Crippen LogP contribution is 2.14. The lowest BCUT2D eigenvalue weighted by atomic mass is 10.3. The van der Waals surface area contributed by atoms with E-state index >= 15 is 0 Å². The molecule has 0 spiro atoms. The molecule has 0 heterocycles. The molecule has 1 nitrogen and oxygen atoms in total. The molecule has 1 rings (SSSR count). The molecular formula is C9H11ClFN. The van der Waals surface area contributed by atoms with Crippen LogP contribution in [0.3, 0.4) is 0 Å². The standard InChI is InChI=1S/C9H11ClFN/c10-8-3-1-4-9(7-8)12-6-2-5-11/h1,3-4,7,12H,2,5-6H2. The van der Waals surface area contributed by atoms with Crippen LogP contribution >= 0.6 is 11.6 Å². The van der Waals surface area contributed by atoms with Crippen molar-refractivity contribution in [3.63, 3.8) is 0 Å². The van der Waals surface area contributed by atoms with Crippen molar-refractivity contribution in [1.29, 1.82) is 0 Å². The van der Waals surface area contributed by atoms with Gasteiger partial charge in [0, 0.05) is 17.3 Å². The lowest BCUT2D eigenvalue weighted by Crippen LogP contribution is -2.01. The minimum atomic E-state index is -0.284. The van der Waals surface area contributed by atoms with Gasteiger partial charge < -0.3 is 5.32 Å². The lowest BCUT2D eigenvalue weighted by Gasteiger charge is -2.03. The first-order valence-electron chi connectivity index (χ1n) is 3.88. The van der Waals surface area contributed by atoms with E-state index in [1.54, 1.807) is 0 Å². The summed E-state index contributed by atoms with van der Waals surface area (Å²) in [4.78, 5) is 0. The highest BCUT2D eigenvalue weighted by atomic mass is 35.5. The Hall–Kier alpha value is -0.760. The maximum Gasteiger partial charge on any atom is 0.0911 e. The second-order valence-corrected chi connectivity index (χ2v) is 2.92. The van der Waals surface area contributed by atoms with Crippen LogP contribution < -0.4 is 5.32 Å². The SMILES string of the molecule is FCCCNc1cccc(Cl)c1. The van der Waals surface area contributed by atoms with Crippen LogP contribution in [0.15, 0.2) is 24.3 Å². The number of alkyl halides is 1. The van der Waals surface area contributed by atoms with Gasteiger partial charge in [0.1, 0.15) is 0 Å². The Bertz CT molecular complexity index is 240. The third-order valence-corrected chi connectivity index (χ3v) is 1.70. The number of anilines is 1. The number of hydrogen-bond donors (Lipinski definition) is 1. The van der Waals surface area contributed by atoms with Crippen molar-refractivity contribution in [2.45, 2.75) is 6.42 Å². The van der Waals surface area contributed by atoms with Crippen molar-refractivity contribution >= 4 is 17.3 Å². The summed E-state index contributed by atoms with van der Waals surface area (Å²) in [7, 11) is 0. The average molecular weight is 188 g/mol. The van der Waals surface area contributed by atoms with Gasteiger partial charge in [-0.15, -0.1) is 0 Å². The Morgan fingerprint density at radius 3 is 2.92 bits per heavy atom. The molecule has 0 aliphatic carbocycles. The fourth-order valence-electron chi connectivity index (χ4n) is 0.898. The van der Waals surface area contributed by atoms with E-state index in [0.717, 1.165) is 5.69 Å². The lowest BCUT2D eigenvalue weighted by molar-refractivity contribution is 0.481. The minimum absolute atomic E-state index is 0.284. The monoisotopic (exact) mass is 187 g/mol. The largest absolute Gasteiger partial charge is 0.385 e. The molecule has 1 aromatic rings. The molecule has 0 unspecified atom stereocenters. The molecule has 0 radical (unpaired) electrons. The Morgan fingerprint density at radius 2 is 2.25 bits per heavy atom. The zero-order chi connectivity index (χ0) is 8.81. The maximum absolute atomic E-state index is 11.7. The zero-order valence-corrected chi connectivity index (χ0v) is 7.44. The minimum Gasteiger partial charge on any atom is -0.385 e. The molecule has 12 heavy (non-hydrogen) atoms. The molecule has 1 aromatic carbocycles. The fraction of sp³-hybridized carbons (Fsp3) is 0.333. The van der Waals surface area contributed by atoms with Crippen LogP contribution in [0, 0.1) is 0 Å². The van der Waals surface area contributed by atoms with Gasteiger partial charge in [-0.25, -0.2) is 0 Å². The zero-order valence-electron chi connectivity index (χ0n) is 6.69. The van der Waals surface area contributed by atoms with Crippen molar-refractivity contribution in [1.82, 2.24) is 0 Å². The van der Waals surface area contributed by atoms with Gasteiger partial charge in [0.05, 0.1) is 6.67 Å². The van der Waals surface area contributed by atoms with Crippen molar-refractivity contribution in [2.75, 3.05) is 18.5 Å². The molecule has 0 saturated heterocycles. The highest BCUT2D eigenvalue weighted by molar-refractivity contribution is 6.30. The van der Waals surface area contributed by atoms with Gasteiger partial charge in [0.25, 0.3) is 0 Å². The molecule has 0 aliphatic rings. The van der Waals surface area contributed by atoms with E-state index in [1.807, 2.05) is 24.3 Å². The van der Waals surface area contributed by atoms with Crippen LogP contribution in [-0.2, 0) is 0 Å². The van der Waals surface area contributed by atoms with E-state index in [9.17, 15) is 4.39 Å². The topological polar surface area (TPSA) is 12.0 Å². The average Bonchev–Trinajstić information content (AvgIpc) is 2.05. The molecule has 0 amide bonds. The summed E-state index contributed by atoms with van der Waals surface area (Å²) >= 11 is 5.74. The predicted molar refractivity (Wildman–Crippen MR) is 50.5 cm³/mol. The molecule has 1 N–H and O–H groups in total. The molecule has 0 atom stereocenters. The molecular weight excluding hydrogens is 177 g/mol. The van der Waals surface area contributed by atoms with Crippen molar-refractivity contribution in [2.24, 2.45) is 0 Å². The van der Waals surface area contributed by atoms with Crippen LogP contribution in [0.1, 0.15) is 6.42 Å². The summed E-state index contributed by atoms with van der Waals surface area (Å²) in [5, 5.41) is 3.76. The Morgan fingerprint density at radius 1 is 1.42 bits per heavy atom. The van der Waals surface area contributed by atoms with Crippen molar-refractivity contribution < 1.29 is 4.39 Å². The van der Waals surface area contributed by atoms with Crippen LogP contribution in [0.25, 0.3) is 0 Å². The maximum atomic E-state index is 11.7. The van der Waals surface area contributed by atoms with Crippen molar-refractivity contribution in [3.8, 4) is 0 Å². The summed E-state index contributed by atoms with van der Waals surface area (Å²) in [6.07, 6.45) is 0.534. The van der Waals surface area contributed by atoms with Gasteiger partial charge in [-0.2, -0.15) is 0 Å². The summed E-state index contributed by atoms with van der Waals surface area (Å²) in [5.41, 5.74) is 0.941. The molecule has 0 saturated carbocycles. The Labute approximate surface area is 76.5 Å². The summed E-state index contributed by atoms with van der Waals surface area (Å²) < 4.78 is 11.7. The highest BCUT2D eigenvalue weighted by Gasteiger charge is 1.91. The second-order valence-electron chi connectivity index (χ2n) is 2.48. The summed E-state index contributed by atoms with van der Waals surface area (Å²) in [6.45, 7) is 0.365. The van der Waals surface area contributed by atoms with Gasteiger partial charge in [0.15, 0.2) is 0 Å². The molecule has 0 aliphatic heterocycles. The second kappa shape index (κ2) is 4.99. The van der Waals surface area contributed by atoms with E-state index in [1.165, 1.54) is 0 Å². The predicted octanol–water partition coefficient (Wildman–Crippen LogP) is 3.11. The molecule has 0 bridgehead atoms. The molecule has 0 aromatic heterocycles. The van der Waals surface area contributed by atoms with Gasteiger partial charge in [-0.1, -0.05) is 17.7 Å². The Balaban J connectivity index is 2.41. The van der Waals surface area contributed by atoms with E-state index in [-0.39, 0.29) is 6.67 Å². The molecule has 3 heteroatoms. The summed E-state index contributed by atoms with van der Waals surface area (Å²) in [5.74, 6) is 0. The van der Waals surface area contributed by atoms with E-state index in [2.05, 4.69) is 5.32 Å². The number of halogens is 2. The number of hydrogen-bond acceptors (Lipinski definition) is 1. The van der Waals surface area contributed by atoms with E-state index in [0.29, 0.717) is 18.0 Å². The first kappa shape index (κ1) is 9.33. The third kappa shape index (κ3) is 3.09. The van der Waals surface area contributed by atoms with Gasteiger partial charge >= 0.3 is 0 Å². The number of nitrogens with one attached hydrogen (secondary N) is 1. The number of rotatable bonds is 4. The smallest absolute Gasteiger partial charge is 0.0911 e.